The van der Waals surface area contributed by atoms with Crippen LogP contribution < -0.4 is 5.32 Å². The summed E-state index contributed by atoms with van der Waals surface area (Å²) in [4.78, 5) is 2.52. The predicted molar refractivity (Wildman–Crippen MR) is 80.1 cm³/mol. The standard InChI is InChI=1S/C15H34N2O/c1-14(2)12-16-8-6-7-9-17(10-11-18-5)13-15(3)4/h14-16H,6-13H2,1-5H3. The lowest BCUT2D eigenvalue weighted by molar-refractivity contribution is 0.139. The monoisotopic (exact) mass is 258 g/mol. The molecule has 0 aromatic rings. The minimum absolute atomic E-state index is 0.737. The lowest BCUT2D eigenvalue weighted by Gasteiger charge is -2.23. The van der Waals surface area contributed by atoms with E-state index in [1.807, 2.05) is 0 Å². The molecule has 0 rings (SSSR count). The summed E-state index contributed by atoms with van der Waals surface area (Å²) in [5.74, 6) is 1.49. The number of hydrogen-bond donors (Lipinski definition) is 1. The first kappa shape index (κ1) is 17.9. The van der Waals surface area contributed by atoms with E-state index in [4.69, 9.17) is 4.74 Å². The molecule has 0 radical (unpaired) electrons. The van der Waals surface area contributed by atoms with E-state index in [0.717, 1.165) is 38.1 Å². The number of nitrogens with zero attached hydrogens (tertiary/aromatic N) is 1. The van der Waals surface area contributed by atoms with Gasteiger partial charge in [0.2, 0.25) is 0 Å². The summed E-state index contributed by atoms with van der Waals surface area (Å²) in [7, 11) is 1.78. The fourth-order valence-electron chi connectivity index (χ4n) is 2.01. The molecule has 0 fully saturated rings. The number of rotatable bonds is 12. The van der Waals surface area contributed by atoms with Crippen molar-refractivity contribution in [2.75, 3.05) is 46.4 Å². The molecule has 0 aromatic heterocycles. The van der Waals surface area contributed by atoms with Crippen LogP contribution in [0.5, 0.6) is 0 Å². The Morgan fingerprint density at radius 1 is 1.00 bits per heavy atom. The van der Waals surface area contributed by atoms with E-state index in [1.165, 1.54) is 25.9 Å². The molecule has 0 aliphatic carbocycles. The van der Waals surface area contributed by atoms with Gasteiger partial charge in [0.05, 0.1) is 6.61 Å². The van der Waals surface area contributed by atoms with Gasteiger partial charge < -0.3 is 15.0 Å². The lowest BCUT2D eigenvalue weighted by Crippen LogP contribution is -2.32. The van der Waals surface area contributed by atoms with Gasteiger partial charge in [0, 0.05) is 20.2 Å². The van der Waals surface area contributed by atoms with Crippen LogP contribution in [0.2, 0.25) is 0 Å². The first-order chi connectivity index (χ1) is 8.56. The summed E-state index contributed by atoms with van der Waals surface area (Å²) >= 11 is 0. The molecule has 0 bridgehead atoms. The molecule has 3 nitrogen and oxygen atoms in total. The molecule has 0 amide bonds. The maximum atomic E-state index is 5.17. The highest BCUT2D eigenvalue weighted by atomic mass is 16.5. The first-order valence-electron chi connectivity index (χ1n) is 7.48. The van der Waals surface area contributed by atoms with E-state index in [0.29, 0.717) is 0 Å². The van der Waals surface area contributed by atoms with Crippen molar-refractivity contribution in [2.24, 2.45) is 11.8 Å². The third kappa shape index (κ3) is 12.3. The molecule has 0 saturated carbocycles. The smallest absolute Gasteiger partial charge is 0.0589 e. The van der Waals surface area contributed by atoms with E-state index in [9.17, 15) is 0 Å². The molecular weight excluding hydrogens is 224 g/mol. The highest BCUT2D eigenvalue weighted by molar-refractivity contribution is 4.61. The number of hydrogen-bond acceptors (Lipinski definition) is 3. The zero-order valence-corrected chi connectivity index (χ0v) is 13.2. The zero-order chi connectivity index (χ0) is 13.8. The average Bonchev–Trinajstić information content (AvgIpc) is 2.29. The van der Waals surface area contributed by atoms with Crippen molar-refractivity contribution in [1.82, 2.24) is 10.2 Å². The second-order valence-electron chi connectivity index (χ2n) is 5.99. The van der Waals surface area contributed by atoms with Crippen molar-refractivity contribution < 1.29 is 4.74 Å². The normalized spacial score (nSPS) is 12.0. The molecule has 0 unspecified atom stereocenters. The summed E-state index contributed by atoms with van der Waals surface area (Å²) in [6, 6.07) is 0. The van der Waals surface area contributed by atoms with Gasteiger partial charge in [-0.3, -0.25) is 0 Å². The second-order valence-corrected chi connectivity index (χ2v) is 5.99. The Morgan fingerprint density at radius 2 is 1.72 bits per heavy atom. The van der Waals surface area contributed by atoms with Crippen molar-refractivity contribution >= 4 is 0 Å². The van der Waals surface area contributed by atoms with Crippen LogP contribution >= 0.6 is 0 Å². The van der Waals surface area contributed by atoms with Crippen LogP contribution in [-0.2, 0) is 4.74 Å². The molecule has 0 heterocycles. The van der Waals surface area contributed by atoms with Gasteiger partial charge in [0.25, 0.3) is 0 Å². The van der Waals surface area contributed by atoms with Crippen molar-refractivity contribution in [3.8, 4) is 0 Å². The Balaban J connectivity index is 3.55. The van der Waals surface area contributed by atoms with Crippen molar-refractivity contribution in [3.05, 3.63) is 0 Å². The van der Waals surface area contributed by atoms with Crippen LogP contribution in [0.15, 0.2) is 0 Å². The fourth-order valence-corrected chi connectivity index (χ4v) is 2.01. The summed E-state index contributed by atoms with van der Waals surface area (Å²) < 4.78 is 5.17. The molecule has 0 atom stereocenters. The van der Waals surface area contributed by atoms with E-state index >= 15 is 0 Å². The predicted octanol–water partition coefficient (Wildman–Crippen LogP) is 2.62. The SMILES string of the molecule is COCCN(CCCCNCC(C)C)CC(C)C. The summed E-state index contributed by atoms with van der Waals surface area (Å²) in [5.41, 5.74) is 0. The van der Waals surface area contributed by atoms with Gasteiger partial charge >= 0.3 is 0 Å². The number of methoxy groups -OCH3 is 1. The molecule has 0 aromatic carbocycles. The highest BCUT2D eigenvalue weighted by Gasteiger charge is 2.06. The summed E-state index contributed by atoms with van der Waals surface area (Å²) in [5, 5.41) is 3.50. The van der Waals surface area contributed by atoms with Crippen LogP contribution in [0.1, 0.15) is 40.5 Å². The Bertz CT molecular complexity index is 172. The molecule has 0 aliphatic rings. The molecule has 0 saturated heterocycles. The molecule has 3 heteroatoms. The maximum absolute atomic E-state index is 5.17. The van der Waals surface area contributed by atoms with E-state index in [1.54, 1.807) is 7.11 Å². The average molecular weight is 258 g/mol. The highest BCUT2D eigenvalue weighted by Crippen LogP contribution is 2.01. The van der Waals surface area contributed by atoms with Crippen LogP contribution in [0.25, 0.3) is 0 Å². The Kier molecular flexibility index (Phi) is 11.9. The van der Waals surface area contributed by atoms with Crippen LogP contribution in [0.3, 0.4) is 0 Å². The topological polar surface area (TPSA) is 24.5 Å². The minimum Gasteiger partial charge on any atom is -0.383 e. The Hall–Kier alpha value is -0.120. The van der Waals surface area contributed by atoms with Crippen LogP contribution in [0, 0.1) is 11.8 Å². The van der Waals surface area contributed by atoms with Crippen LogP contribution in [-0.4, -0.2) is 51.3 Å². The zero-order valence-electron chi connectivity index (χ0n) is 13.2. The van der Waals surface area contributed by atoms with Gasteiger partial charge in [-0.05, 0) is 44.3 Å². The first-order valence-corrected chi connectivity index (χ1v) is 7.48. The fraction of sp³-hybridized carbons (Fsp3) is 1.00. The van der Waals surface area contributed by atoms with Gasteiger partial charge in [-0.1, -0.05) is 27.7 Å². The number of nitrogens with one attached hydrogen (secondary N) is 1. The van der Waals surface area contributed by atoms with E-state index < -0.39 is 0 Å². The third-order valence-corrected chi connectivity index (χ3v) is 2.87. The quantitative estimate of drug-likeness (QED) is 0.545. The van der Waals surface area contributed by atoms with Crippen molar-refractivity contribution in [1.29, 1.82) is 0 Å². The van der Waals surface area contributed by atoms with Gasteiger partial charge in [-0.15, -0.1) is 0 Å². The minimum atomic E-state index is 0.737. The van der Waals surface area contributed by atoms with E-state index in [-0.39, 0.29) is 0 Å². The van der Waals surface area contributed by atoms with Gasteiger partial charge in [-0.25, -0.2) is 0 Å². The molecule has 0 spiro atoms. The Morgan fingerprint density at radius 3 is 2.28 bits per heavy atom. The Labute approximate surface area is 114 Å². The third-order valence-electron chi connectivity index (χ3n) is 2.87. The molecule has 1 N–H and O–H groups in total. The summed E-state index contributed by atoms with van der Waals surface area (Å²) in [6.07, 6.45) is 2.55. The van der Waals surface area contributed by atoms with Gasteiger partial charge in [0.15, 0.2) is 0 Å². The molecule has 0 aliphatic heterocycles. The lowest BCUT2D eigenvalue weighted by atomic mass is 10.2. The van der Waals surface area contributed by atoms with Crippen molar-refractivity contribution in [2.45, 2.75) is 40.5 Å². The largest absolute Gasteiger partial charge is 0.383 e. The van der Waals surface area contributed by atoms with Gasteiger partial charge in [-0.2, -0.15) is 0 Å². The number of ether oxygens (including phenoxy) is 1. The summed E-state index contributed by atoms with van der Waals surface area (Å²) in [6.45, 7) is 15.6. The number of unbranched alkanes of at least 4 members (excludes halogenated alkanes) is 1. The van der Waals surface area contributed by atoms with E-state index in [2.05, 4.69) is 37.9 Å². The van der Waals surface area contributed by atoms with Crippen LogP contribution in [0.4, 0.5) is 0 Å². The maximum Gasteiger partial charge on any atom is 0.0589 e. The molecular formula is C15H34N2O. The second kappa shape index (κ2) is 11.9. The molecule has 110 valence electrons. The molecule has 18 heavy (non-hydrogen) atoms. The van der Waals surface area contributed by atoms with Crippen molar-refractivity contribution in [3.63, 3.8) is 0 Å². The van der Waals surface area contributed by atoms with Gasteiger partial charge in [0.1, 0.15) is 0 Å².